The van der Waals surface area contributed by atoms with Crippen molar-refractivity contribution in [2.75, 3.05) is 45.9 Å². The summed E-state index contributed by atoms with van der Waals surface area (Å²) in [4.78, 5) is 28.4. The van der Waals surface area contributed by atoms with Gasteiger partial charge in [-0.3, -0.25) is 9.59 Å². The number of hydrogen-bond acceptors (Lipinski definition) is 4. The van der Waals surface area contributed by atoms with Gasteiger partial charge in [0.05, 0.1) is 19.3 Å². The van der Waals surface area contributed by atoms with Crippen LogP contribution in [0.4, 0.5) is 4.39 Å². The minimum Gasteiger partial charge on any atom is -0.378 e. The van der Waals surface area contributed by atoms with Crippen LogP contribution >= 0.6 is 0 Å². The van der Waals surface area contributed by atoms with Crippen LogP contribution < -0.4 is 5.32 Å². The van der Waals surface area contributed by atoms with Crippen LogP contribution in [-0.2, 0) is 14.3 Å². The molecule has 2 heterocycles. The van der Waals surface area contributed by atoms with Crippen LogP contribution in [0.2, 0.25) is 0 Å². The van der Waals surface area contributed by atoms with E-state index in [-0.39, 0.29) is 36.5 Å². The topological polar surface area (TPSA) is 61.9 Å². The molecule has 6 nitrogen and oxygen atoms in total. The Balaban J connectivity index is 1.60. The summed E-state index contributed by atoms with van der Waals surface area (Å²) in [6.45, 7) is 4.14. The molecule has 0 radical (unpaired) electrons. The lowest BCUT2D eigenvalue weighted by Crippen LogP contribution is -2.49. The molecule has 25 heavy (non-hydrogen) atoms. The summed E-state index contributed by atoms with van der Waals surface area (Å²) in [5.74, 6) is -0.371. The van der Waals surface area contributed by atoms with E-state index in [2.05, 4.69) is 5.32 Å². The van der Waals surface area contributed by atoms with Crippen molar-refractivity contribution in [3.05, 3.63) is 35.6 Å². The lowest BCUT2D eigenvalue weighted by molar-refractivity contribution is -0.140. The summed E-state index contributed by atoms with van der Waals surface area (Å²) in [6, 6.07) is 6.16. The number of carbonyl (C=O) groups excluding carboxylic acids is 2. The molecule has 7 heteroatoms. The molecule has 1 N–H and O–H groups in total. The van der Waals surface area contributed by atoms with E-state index in [1.165, 1.54) is 12.1 Å². The first-order valence-corrected chi connectivity index (χ1v) is 8.76. The number of halogens is 1. The van der Waals surface area contributed by atoms with Crippen molar-refractivity contribution in [3.63, 3.8) is 0 Å². The van der Waals surface area contributed by atoms with E-state index in [9.17, 15) is 14.0 Å². The number of hydrogen-bond donors (Lipinski definition) is 1. The molecule has 136 valence electrons. The van der Waals surface area contributed by atoms with Gasteiger partial charge in [0.25, 0.3) is 0 Å². The van der Waals surface area contributed by atoms with Crippen molar-refractivity contribution in [1.82, 2.24) is 15.1 Å². The maximum Gasteiger partial charge on any atom is 0.223 e. The van der Waals surface area contributed by atoms with Gasteiger partial charge in [-0.1, -0.05) is 12.1 Å². The quantitative estimate of drug-likeness (QED) is 0.879. The number of rotatable bonds is 4. The van der Waals surface area contributed by atoms with E-state index in [0.717, 1.165) is 5.56 Å². The minimum atomic E-state index is -0.307. The molecule has 1 aromatic carbocycles. The van der Waals surface area contributed by atoms with Crippen LogP contribution in [0.3, 0.4) is 0 Å². The first-order chi connectivity index (χ1) is 12.1. The maximum atomic E-state index is 13.5. The summed E-state index contributed by atoms with van der Waals surface area (Å²) >= 11 is 0. The van der Waals surface area contributed by atoms with E-state index in [1.54, 1.807) is 15.9 Å². The standard InChI is InChI=1S/C18H24FN3O3/c19-15-3-1-2-14(12-15)16-13-20-6-7-22(16)18(24)5-4-17(23)21-8-10-25-11-9-21/h1-3,12,16,20H,4-11,13H2. The summed E-state index contributed by atoms with van der Waals surface area (Å²) in [7, 11) is 0. The van der Waals surface area contributed by atoms with Crippen LogP contribution in [0.1, 0.15) is 24.4 Å². The molecule has 0 saturated carbocycles. The molecule has 2 saturated heterocycles. The fourth-order valence-electron chi connectivity index (χ4n) is 3.34. The van der Waals surface area contributed by atoms with Crippen molar-refractivity contribution < 1.29 is 18.7 Å². The number of nitrogens with one attached hydrogen (secondary N) is 1. The number of piperazine rings is 1. The third-order valence-corrected chi connectivity index (χ3v) is 4.71. The highest BCUT2D eigenvalue weighted by atomic mass is 19.1. The van der Waals surface area contributed by atoms with E-state index in [0.29, 0.717) is 45.9 Å². The zero-order valence-electron chi connectivity index (χ0n) is 14.2. The van der Waals surface area contributed by atoms with Crippen LogP contribution in [0.25, 0.3) is 0 Å². The van der Waals surface area contributed by atoms with Gasteiger partial charge in [-0.15, -0.1) is 0 Å². The fourth-order valence-corrected chi connectivity index (χ4v) is 3.34. The highest BCUT2D eigenvalue weighted by molar-refractivity contribution is 5.84. The van der Waals surface area contributed by atoms with Crippen molar-refractivity contribution in [2.24, 2.45) is 0 Å². The van der Waals surface area contributed by atoms with Crippen molar-refractivity contribution in [2.45, 2.75) is 18.9 Å². The largest absolute Gasteiger partial charge is 0.378 e. The first-order valence-electron chi connectivity index (χ1n) is 8.76. The van der Waals surface area contributed by atoms with Gasteiger partial charge in [-0.2, -0.15) is 0 Å². The second kappa shape index (κ2) is 8.40. The average Bonchev–Trinajstić information content (AvgIpc) is 2.66. The molecule has 2 aliphatic heterocycles. The number of ether oxygens (including phenoxy) is 1. The van der Waals surface area contributed by atoms with Gasteiger partial charge in [0.2, 0.25) is 11.8 Å². The van der Waals surface area contributed by atoms with Crippen LogP contribution in [0.5, 0.6) is 0 Å². The van der Waals surface area contributed by atoms with E-state index in [1.807, 2.05) is 6.07 Å². The minimum absolute atomic E-state index is 0.00547. The zero-order chi connectivity index (χ0) is 17.6. The Hall–Kier alpha value is -1.99. The molecule has 0 bridgehead atoms. The Morgan fingerprint density at radius 3 is 2.68 bits per heavy atom. The summed E-state index contributed by atoms with van der Waals surface area (Å²) < 4.78 is 18.8. The fraction of sp³-hybridized carbons (Fsp3) is 0.556. The number of carbonyl (C=O) groups is 2. The molecule has 1 aromatic rings. The van der Waals surface area contributed by atoms with Gasteiger partial charge in [0.1, 0.15) is 5.82 Å². The van der Waals surface area contributed by atoms with Crippen molar-refractivity contribution in [3.8, 4) is 0 Å². The van der Waals surface area contributed by atoms with Gasteiger partial charge >= 0.3 is 0 Å². The molecule has 0 aromatic heterocycles. The van der Waals surface area contributed by atoms with Crippen LogP contribution in [0.15, 0.2) is 24.3 Å². The zero-order valence-corrected chi connectivity index (χ0v) is 14.2. The number of benzene rings is 1. The third kappa shape index (κ3) is 4.55. The molecule has 2 amide bonds. The van der Waals surface area contributed by atoms with Crippen LogP contribution in [-0.4, -0.2) is 67.6 Å². The predicted octanol–water partition coefficient (Wildman–Crippen LogP) is 0.938. The van der Waals surface area contributed by atoms with Gasteiger partial charge in [-0.25, -0.2) is 4.39 Å². The Labute approximate surface area is 146 Å². The van der Waals surface area contributed by atoms with Crippen LogP contribution in [0, 0.1) is 5.82 Å². The molecular weight excluding hydrogens is 325 g/mol. The average molecular weight is 349 g/mol. The lowest BCUT2D eigenvalue weighted by atomic mass is 10.0. The van der Waals surface area contributed by atoms with E-state index < -0.39 is 0 Å². The van der Waals surface area contributed by atoms with E-state index >= 15 is 0 Å². The normalized spacial score (nSPS) is 21.2. The monoisotopic (exact) mass is 349 g/mol. The SMILES string of the molecule is O=C(CCC(=O)N1CCNCC1c1cccc(F)c1)N1CCOCC1. The van der Waals surface area contributed by atoms with E-state index in [4.69, 9.17) is 4.74 Å². The molecule has 2 aliphatic rings. The highest BCUT2D eigenvalue weighted by Gasteiger charge is 2.28. The smallest absolute Gasteiger partial charge is 0.223 e. The molecule has 3 rings (SSSR count). The van der Waals surface area contributed by atoms with Crippen molar-refractivity contribution in [1.29, 1.82) is 0 Å². The highest BCUT2D eigenvalue weighted by Crippen LogP contribution is 2.24. The number of morpholine rings is 1. The Morgan fingerprint density at radius 1 is 1.16 bits per heavy atom. The Kier molecular flexibility index (Phi) is 5.99. The lowest BCUT2D eigenvalue weighted by Gasteiger charge is -2.37. The molecule has 1 unspecified atom stereocenters. The maximum absolute atomic E-state index is 13.5. The molecule has 0 spiro atoms. The Bertz CT molecular complexity index is 619. The number of nitrogens with zero attached hydrogens (tertiary/aromatic N) is 2. The number of amides is 2. The Morgan fingerprint density at radius 2 is 1.92 bits per heavy atom. The molecular formula is C18H24FN3O3. The van der Waals surface area contributed by atoms with Gasteiger partial charge in [-0.05, 0) is 17.7 Å². The van der Waals surface area contributed by atoms with Gasteiger partial charge in [0, 0.05) is 45.6 Å². The second-order valence-corrected chi connectivity index (χ2v) is 6.36. The molecule has 0 aliphatic carbocycles. The predicted molar refractivity (Wildman–Crippen MR) is 90.4 cm³/mol. The molecule has 1 atom stereocenters. The van der Waals surface area contributed by atoms with Crippen molar-refractivity contribution >= 4 is 11.8 Å². The van der Waals surface area contributed by atoms with Gasteiger partial charge in [0.15, 0.2) is 0 Å². The summed E-state index contributed by atoms with van der Waals surface area (Å²) in [5, 5.41) is 3.25. The molecule has 2 fully saturated rings. The second-order valence-electron chi connectivity index (χ2n) is 6.36. The van der Waals surface area contributed by atoms with Gasteiger partial charge < -0.3 is 19.9 Å². The first kappa shape index (κ1) is 17.8. The summed E-state index contributed by atoms with van der Waals surface area (Å²) in [5.41, 5.74) is 0.778. The summed E-state index contributed by atoms with van der Waals surface area (Å²) in [6.07, 6.45) is 0.390. The third-order valence-electron chi connectivity index (χ3n) is 4.71.